The highest BCUT2D eigenvalue weighted by molar-refractivity contribution is 5.61. The molecule has 1 saturated heterocycles. The number of aromatic nitrogens is 4. The van der Waals surface area contributed by atoms with Crippen molar-refractivity contribution in [3.63, 3.8) is 0 Å². The van der Waals surface area contributed by atoms with Crippen molar-refractivity contribution in [3.8, 4) is 11.1 Å². The summed E-state index contributed by atoms with van der Waals surface area (Å²) < 4.78 is 0. The van der Waals surface area contributed by atoms with Gasteiger partial charge >= 0.3 is 0 Å². The molecular weight excluding hydrogens is 384 g/mol. The van der Waals surface area contributed by atoms with Crippen LogP contribution in [0.5, 0.6) is 0 Å². The normalized spacial score (nSPS) is 16.1. The van der Waals surface area contributed by atoms with Gasteiger partial charge in [-0.1, -0.05) is 60.7 Å². The van der Waals surface area contributed by atoms with Gasteiger partial charge in [0.1, 0.15) is 0 Å². The Hall–Kier alpha value is -3.51. The summed E-state index contributed by atoms with van der Waals surface area (Å²) >= 11 is 0. The molecule has 3 heterocycles. The maximum atomic E-state index is 4.54. The van der Waals surface area contributed by atoms with Crippen molar-refractivity contribution in [1.82, 2.24) is 24.8 Å². The van der Waals surface area contributed by atoms with E-state index in [-0.39, 0.29) is 6.04 Å². The average molecular weight is 411 g/mol. The minimum absolute atomic E-state index is 0.200. The summed E-state index contributed by atoms with van der Waals surface area (Å²) in [6.07, 6.45) is 9.57. The highest BCUT2D eigenvalue weighted by Gasteiger charge is 2.28. The zero-order valence-corrected chi connectivity index (χ0v) is 17.4. The first-order valence-corrected chi connectivity index (χ1v) is 10.8. The molecule has 0 amide bonds. The number of imidazole rings is 1. The molecule has 0 spiro atoms. The fourth-order valence-electron chi connectivity index (χ4n) is 4.31. The lowest BCUT2D eigenvalue weighted by atomic mass is 9.97. The van der Waals surface area contributed by atoms with E-state index in [1.165, 1.54) is 5.56 Å². The van der Waals surface area contributed by atoms with Gasteiger partial charge in [0, 0.05) is 43.3 Å². The van der Waals surface area contributed by atoms with Gasteiger partial charge in [0.2, 0.25) is 5.95 Å². The van der Waals surface area contributed by atoms with Crippen LogP contribution in [0.3, 0.4) is 0 Å². The number of hydrogen-bond acceptors (Lipinski definition) is 5. The molecule has 4 aromatic rings. The Morgan fingerprint density at radius 1 is 0.839 bits per heavy atom. The lowest BCUT2D eigenvalue weighted by molar-refractivity contribution is 0.177. The highest BCUT2D eigenvalue weighted by Crippen LogP contribution is 2.30. The SMILES string of the molecule is c1ccc(-c2cnc(NC3CCN(C(c4ccccc4)c4cnc[nH]4)CC3)nc2)cc1. The van der Waals surface area contributed by atoms with E-state index >= 15 is 0 Å². The average Bonchev–Trinajstić information content (AvgIpc) is 3.37. The summed E-state index contributed by atoms with van der Waals surface area (Å²) in [7, 11) is 0. The zero-order chi connectivity index (χ0) is 20.9. The molecule has 1 fully saturated rings. The Balaban J connectivity index is 1.23. The number of benzene rings is 2. The predicted molar refractivity (Wildman–Crippen MR) is 123 cm³/mol. The Morgan fingerprint density at radius 2 is 1.52 bits per heavy atom. The first-order chi connectivity index (χ1) is 15.4. The number of nitrogens with one attached hydrogen (secondary N) is 2. The van der Waals surface area contributed by atoms with E-state index in [4.69, 9.17) is 0 Å². The largest absolute Gasteiger partial charge is 0.351 e. The maximum absolute atomic E-state index is 4.54. The first kappa shape index (κ1) is 19.5. The standard InChI is InChI=1S/C25H26N6/c1-3-7-19(8-4-1)21-15-27-25(28-16-21)30-22-11-13-31(14-12-22)24(23-17-26-18-29-23)20-9-5-2-6-10-20/h1-10,15-18,22,24H,11-14H2,(H,26,29)(H,27,28,30). The molecule has 6 nitrogen and oxygen atoms in total. The van der Waals surface area contributed by atoms with Gasteiger partial charge in [-0.25, -0.2) is 15.0 Å². The maximum Gasteiger partial charge on any atom is 0.222 e. The van der Waals surface area contributed by atoms with Crippen LogP contribution in [0.1, 0.15) is 30.1 Å². The molecule has 1 aliphatic rings. The van der Waals surface area contributed by atoms with Gasteiger partial charge in [-0.05, 0) is 24.0 Å². The van der Waals surface area contributed by atoms with Gasteiger partial charge in [-0.3, -0.25) is 4.90 Å². The molecule has 156 valence electrons. The minimum Gasteiger partial charge on any atom is -0.351 e. The van der Waals surface area contributed by atoms with Gasteiger partial charge in [-0.2, -0.15) is 0 Å². The van der Waals surface area contributed by atoms with Crippen LogP contribution in [0.4, 0.5) is 5.95 Å². The Bertz CT molecular complexity index is 1060. The van der Waals surface area contributed by atoms with Gasteiger partial charge in [0.15, 0.2) is 0 Å². The van der Waals surface area contributed by atoms with E-state index in [9.17, 15) is 0 Å². The molecule has 1 atom stereocenters. The smallest absolute Gasteiger partial charge is 0.222 e. The number of rotatable bonds is 6. The second-order valence-electron chi connectivity index (χ2n) is 7.94. The van der Waals surface area contributed by atoms with E-state index in [0.717, 1.165) is 42.8 Å². The topological polar surface area (TPSA) is 69.7 Å². The Morgan fingerprint density at radius 3 is 2.16 bits per heavy atom. The number of H-pyrrole nitrogens is 1. The summed E-state index contributed by atoms with van der Waals surface area (Å²) in [4.78, 5) is 19.2. The van der Waals surface area contributed by atoms with E-state index < -0.39 is 0 Å². The predicted octanol–water partition coefficient (Wildman–Crippen LogP) is 4.53. The third-order valence-corrected chi connectivity index (χ3v) is 5.92. The van der Waals surface area contributed by atoms with Gasteiger partial charge in [-0.15, -0.1) is 0 Å². The lowest BCUT2D eigenvalue weighted by Gasteiger charge is -2.37. The van der Waals surface area contributed by atoms with E-state index in [2.05, 4.69) is 72.6 Å². The molecule has 1 unspecified atom stereocenters. The fourth-order valence-corrected chi connectivity index (χ4v) is 4.31. The van der Waals surface area contributed by atoms with Crippen molar-refractivity contribution in [2.45, 2.75) is 24.9 Å². The summed E-state index contributed by atoms with van der Waals surface area (Å²) in [6, 6.07) is 21.4. The van der Waals surface area contributed by atoms with Crippen LogP contribution in [0, 0.1) is 0 Å². The first-order valence-electron chi connectivity index (χ1n) is 10.8. The molecule has 6 heteroatoms. The number of nitrogens with zero attached hydrogens (tertiary/aromatic N) is 4. The monoisotopic (exact) mass is 410 g/mol. The zero-order valence-electron chi connectivity index (χ0n) is 17.4. The van der Waals surface area contributed by atoms with Crippen LogP contribution in [0.25, 0.3) is 11.1 Å². The number of anilines is 1. The van der Waals surface area contributed by atoms with Crippen molar-refractivity contribution < 1.29 is 0 Å². The van der Waals surface area contributed by atoms with Gasteiger partial charge in [0.05, 0.1) is 18.1 Å². The second kappa shape index (κ2) is 9.10. The van der Waals surface area contributed by atoms with E-state index in [1.807, 2.05) is 36.8 Å². The van der Waals surface area contributed by atoms with Crippen molar-refractivity contribution in [3.05, 3.63) is 96.8 Å². The molecule has 31 heavy (non-hydrogen) atoms. The van der Waals surface area contributed by atoms with Crippen LogP contribution >= 0.6 is 0 Å². The number of likely N-dealkylation sites (tertiary alicyclic amines) is 1. The third kappa shape index (κ3) is 4.49. The number of hydrogen-bond donors (Lipinski definition) is 2. The minimum atomic E-state index is 0.200. The quantitative estimate of drug-likeness (QED) is 0.489. The molecule has 2 N–H and O–H groups in total. The van der Waals surface area contributed by atoms with Crippen LogP contribution < -0.4 is 5.32 Å². The second-order valence-corrected chi connectivity index (χ2v) is 7.94. The van der Waals surface area contributed by atoms with Crippen LogP contribution in [0.2, 0.25) is 0 Å². The fraction of sp³-hybridized carbons (Fsp3) is 0.240. The molecule has 0 radical (unpaired) electrons. The summed E-state index contributed by atoms with van der Waals surface area (Å²) in [6.45, 7) is 2.00. The van der Waals surface area contributed by atoms with Crippen LogP contribution in [-0.4, -0.2) is 44.0 Å². The molecule has 0 bridgehead atoms. The van der Waals surface area contributed by atoms with Crippen molar-refractivity contribution in [1.29, 1.82) is 0 Å². The Labute approximate surface area is 182 Å². The lowest BCUT2D eigenvalue weighted by Crippen LogP contribution is -2.41. The molecule has 5 rings (SSSR count). The number of piperidine rings is 1. The molecular formula is C25H26N6. The highest BCUT2D eigenvalue weighted by atomic mass is 15.2. The molecule has 0 saturated carbocycles. The summed E-state index contributed by atoms with van der Waals surface area (Å²) in [5.74, 6) is 0.700. The van der Waals surface area contributed by atoms with Crippen molar-refractivity contribution >= 4 is 5.95 Å². The van der Waals surface area contributed by atoms with Crippen molar-refractivity contribution in [2.75, 3.05) is 18.4 Å². The van der Waals surface area contributed by atoms with E-state index in [0.29, 0.717) is 12.0 Å². The summed E-state index contributed by atoms with van der Waals surface area (Å²) in [5.41, 5.74) is 4.59. The third-order valence-electron chi connectivity index (χ3n) is 5.92. The number of aromatic amines is 1. The molecule has 2 aromatic carbocycles. The Kier molecular flexibility index (Phi) is 5.71. The van der Waals surface area contributed by atoms with Crippen LogP contribution in [0.15, 0.2) is 85.6 Å². The van der Waals surface area contributed by atoms with Crippen LogP contribution in [-0.2, 0) is 0 Å². The summed E-state index contributed by atoms with van der Waals surface area (Å²) in [5, 5.41) is 3.52. The molecule has 2 aromatic heterocycles. The van der Waals surface area contributed by atoms with Crippen molar-refractivity contribution in [2.24, 2.45) is 0 Å². The molecule has 1 aliphatic heterocycles. The van der Waals surface area contributed by atoms with Gasteiger partial charge in [0.25, 0.3) is 0 Å². The van der Waals surface area contributed by atoms with E-state index in [1.54, 1.807) is 6.33 Å². The van der Waals surface area contributed by atoms with Gasteiger partial charge < -0.3 is 10.3 Å². The molecule has 0 aliphatic carbocycles.